The summed E-state index contributed by atoms with van der Waals surface area (Å²) in [4.78, 5) is 11.4. The summed E-state index contributed by atoms with van der Waals surface area (Å²) < 4.78 is 5.59. The first-order chi connectivity index (χ1) is 5.47. The quantitative estimate of drug-likeness (QED) is 0.517. The van der Waals surface area contributed by atoms with Crippen molar-refractivity contribution in [3.8, 4) is 0 Å². The van der Waals surface area contributed by atoms with Gasteiger partial charge in [0.2, 0.25) is 0 Å². The van der Waals surface area contributed by atoms with Crippen LogP contribution in [0.5, 0.6) is 0 Å². The maximum atomic E-state index is 11.4. The third-order valence-corrected chi connectivity index (χ3v) is 3.23. The summed E-state index contributed by atoms with van der Waals surface area (Å²) in [6.45, 7) is 6.48. The molecule has 0 N–H and O–H groups in total. The number of epoxide rings is 1. The molecule has 0 amide bonds. The number of hydrogen-bond donors (Lipinski definition) is 0. The van der Waals surface area contributed by atoms with E-state index < -0.39 is 0 Å². The number of carbonyl (C=O) groups excluding carboxylic acids is 1. The summed E-state index contributed by atoms with van der Waals surface area (Å²) in [6.07, 6.45) is 2.73. The van der Waals surface area contributed by atoms with E-state index in [1.54, 1.807) is 0 Å². The molecule has 0 aromatic carbocycles. The van der Waals surface area contributed by atoms with Gasteiger partial charge in [-0.05, 0) is 18.3 Å². The monoisotopic (exact) mass is 168 g/mol. The molecule has 0 bridgehead atoms. The molecule has 0 spiro atoms. The van der Waals surface area contributed by atoms with E-state index >= 15 is 0 Å². The molecule has 2 rings (SSSR count). The van der Waals surface area contributed by atoms with Crippen LogP contribution in [0, 0.1) is 5.41 Å². The minimum atomic E-state index is -0.0949. The van der Waals surface area contributed by atoms with Gasteiger partial charge in [0.1, 0.15) is 11.7 Å². The smallest absolute Gasteiger partial charge is 0.164 e. The summed E-state index contributed by atoms with van der Waals surface area (Å²) in [7, 11) is 0. The van der Waals surface area contributed by atoms with Crippen LogP contribution in [0.1, 0.15) is 40.0 Å². The molecule has 0 aromatic rings. The summed E-state index contributed by atoms with van der Waals surface area (Å²) in [5.41, 5.74) is 0.0239. The number of fused-ring (bicyclic) bond motifs is 1. The van der Waals surface area contributed by atoms with Gasteiger partial charge in [-0.3, -0.25) is 4.79 Å². The third kappa shape index (κ3) is 0.875. The van der Waals surface area contributed by atoms with Crippen LogP contribution in [0.4, 0.5) is 0 Å². The van der Waals surface area contributed by atoms with Gasteiger partial charge in [0.05, 0.1) is 0 Å². The Morgan fingerprint density at radius 1 is 1.50 bits per heavy atom. The molecule has 1 aliphatic heterocycles. The minimum absolute atomic E-state index is 0.0637. The number of hydrogen-bond acceptors (Lipinski definition) is 2. The average Bonchev–Trinajstić information content (AvgIpc) is 2.62. The average molecular weight is 168 g/mol. The second-order valence-electron chi connectivity index (χ2n) is 4.96. The first-order valence-electron chi connectivity index (χ1n) is 4.68. The van der Waals surface area contributed by atoms with Gasteiger partial charge in [-0.1, -0.05) is 20.8 Å². The second-order valence-corrected chi connectivity index (χ2v) is 4.96. The van der Waals surface area contributed by atoms with Crippen molar-refractivity contribution in [1.29, 1.82) is 0 Å². The Morgan fingerprint density at radius 3 is 2.67 bits per heavy atom. The van der Waals surface area contributed by atoms with Gasteiger partial charge in [-0.2, -0.15) is 0 Å². The van der Waals surface area contributed by atoms with Crippen LogP contribution in [-0.2, 0) is 9.53 Å². The van der Waals surface area contributed by atoms with E-state index in [4.69, 9.17) is 4.74 Å². The Morgan fingerprint density at radius 2 is 2.17 bits per heavy atom. The molecule has 2 nitrogen and oxygen atoms in total. The zero-order chi connectivity index (χ0) is 8.98. The molecule has 0 aromatic heterocycles. The number of ketones is 1. The first-order valence-corrected chi connectivity index (χ1v) is 4.68. The van der Waals surface area contributed by atoms with Crippen molar-refractivity contribution in [3.63, 3.8) is 0 Å². The lowest BCUT2D eigenvalue weighted by Crippen LogP contribution is -2.37. The molecule has 2 heteroatoms. The standard InChI is InChI=1S/C10H16O2/c1-9(2,3)10-6-4-5-7(11)8(10)12-10/h8H,4-6H2,1-3H3/t8-,10+/m1/s1. The van der Waals surface area contributed by atoms with E-state index in [0.29, 0.717) is 5.78 Å². The van der Waals surface area contributed by atoms with Crippen LogP contribution in [0.3, 0.4) is 0 Å². The third-order valence-electron chi connectivity index (χ3n) is 3.23. The van der Waals surface area contributed by atoms with Gasteiger partial charge in [0.25, 0.3) is 0 Å². The predicted molar refractivity (Wildman–Crippen MR) is 45.9 cm³/mol. The van der Waals surface area contributed by atoms with E-state index in [-0.39, 0.29) is 17.1 Å². The van der Waals surface area contributed by atoms with Crippen LogP contribution in [0.15, 0.2) is 0 Å². The van der Waals surface area contributed by atoms with Crippen LogP contribution in [0.25, 0.3) is 0 Å². The van der Waals surface area contributed by atoms with Crippen LogP contribution < -0.4 is 0 Å². The highest BCUT2D eigenvalue weighted by Crippen LogP contribution is 2.56. The highest BCUT2D eigenvalue weighted by atomic mass is 16.6. The second kappa shape index (κ2) is 2.11. The van der Waals surface area contributed by atoms with E-state index in [2.05, 4.69) is 20.8 Å². The lowest BCUT2D eigenvalue weighted by molar-refractivity contribution is -0.121. The Kier molecular flexibility index (Phi) is 1.45. The fraction of sp³-hybridized carbons (Fsp3) is 0.900. The van der Waals surface area contributed by atoms with Crippen molar-refractivity contribution in [2.75, 3.05) is 0 Å². The van der Waals surface area contributed by atoms with Gasteiger partial charge in [-0.25, -0.2) is 0 Å². The van der Waals surface area contributed by atoms with Crippen molar-refractivity contribution in [2.45, 2.75) is 51.7 Å². The molecule has 0 radical (unpaired) electrons. The molecule has 2 atom stereocenters. The molecule has 68 valence electrons. The Labute approximate surface area is 73.3 Å². The largest absolute Gasteiger partial charge is 0.357 e. The molecule has 2 fully saturated rings. The van der Waals surface area contributed by atoms with E-state index in [9.17, 15) is 4.79 Å². The number of ether oxygens (including phenoxy) is 1. The molecular formula is C10H16O2. The van der Waals surface area contributed by atoms with Crippen molar-refractivity contribution < 1.29 is 9.53 Å². The first kappa shape index (κ1) is 8.24. The number of carbonyl (C=O) groups is 1. The molecule has 1 saturated heterocycles. The molecule has 0 unspecified atom stereocenters. The van der Waals surface area contributed by atoms with Crippen molar-refractivity contribution in [2.24, 2.45) is 5.41 Å². The Hall–Kier alpha value is -0.370. The van der Waals surface area contributed by atoms with E-state index in [0.717, 1.165) is 19.3 Å². The van der Waals surface area contributed by atoms with Gasteiger partial charge in [-0.15, -0.1) is 0 Å². The highest BCUT2D eigenvalue weighted by Gasteiger charge is 2.67. The summed E-state index contributed by atoms with van der Waals surface area (Å²) in [5, 5.41) is 0. The molecule has 1 aliphatic carbocycles. The lowest BCUT2D eigenvalue weighted by atomic mass is 9.71. The normalized spacial score (nSPS) is 40.9. The predicted octanol–water partition coefficient (Wildman–Crippen LogP) is 1.92. The highest BCUT2D eigenvalue weighted by molar-refractivity contribution is 5.88. The molecular weight excluding hydrogens is 152 g/mol. The fourth-order valence-corrected chi connectivity index (χ4v) is 2.29. The summed E-state index contributed by atoms with van der Waals surface area (Å²) in [5.74, 6) is 0.316. The topological polar surface area (TPSA) is 29.6 Å². The van der Waals surface area contributed by atoms with E-state index in [1.807, 2.05) is 0 Å². The van der Waals surface area contributed by atoms with Crippen LogP contribution in [-0.4, -0.2) is 17.5 Å². The van der Waals surface area contributed by atoms with Crippen LogP contribution >= 0.6 is 0 Å². The fourth-order valence-electron chi connectivity index (χ4n) is 2.29. The molecule has 1 heterocycles. The van der Waals surface area contributed by atoms with Gasteiger partial charge in [0.15, 0.2) is 5.78 Å². The van der Waals surface area contributed by atoms with E-state index in [1.165, 1.54) is 0 Å². The maximum Gasteiger partial charge on any atom is 0.164 e. The van der Waals surface area contributed by atoms with Gasteiger partial charge < -0.3 is 4.74 Å². The Balaban J connectivity index is 2.22. The number of rotatable bonds is 0. The zero-order valence-corrected chi connectivity index (χ0v) is 8.02. The van der Waals surface area contributed by atoms with Crippen molar-refractivity contribution in [3.05, 3.63) is 0 Å². The Bertz CT molecular complexity index is 226. The summed E-state index contributed by atoms with van der Waals surface area (Å²) in [6, 6.07) is 0. The molecule has 2 aliphatic rings. The zero-order valence-electron chi connectivity index (χ0n) is 8.02. The molecule has 1 saturated carbocycles. The van der Waals surface area contributed by atoms with Crippen molar-refractivity contribution >= 4 is 5.78 Å². The van der Waals surface area contributed by atoms with Gasteiger partial charge >= 0.3 is 0 Å². The number of Topliss-reactive ketones (excluding diaryl/α,β-unsaturated/α-hetero) is 1. The SMILES string of the molecule is CC(C)(C)[C@]12CCCC(=O)[C@H]1O2. The maximum absolute atomic E-state index is 11.4. The van der Waals surface area contributed by atoms with Crippen LogP contribution in [0.2, 0.25) is 0 Å². The minimum Gasteiger partial charge on any atom is -0.357 e. The molecule has 12 heavy (non-hydrogen) atoms. The van der Waals surface area contributed by atoms with Gasteiger partial charge in [0, 0.05) is 6.42 Å². The summed E-state index contributed by atoms with van der Waals surface area (Å²) >= 11 is 0. The van der Waals surface area contributed by atoms with Crippen molar-refractivity contribution in [1.82, 2.24) is 0 Å². The lowest BCUT2D eigenvalue weighted by Gasteiger charge is -2.30.